The topological polar surface area (TPSA) is 67.4 Å². The van der Waals surface area contributed by atoms with Crippen LogP contribution < -0.4 is 10.2 Å². The van der Waals surface area contributed by atoms with Crippen molar-refractivity contribution in [3.8, 4) is 11.1 Å². The van der Waals surface area contributed by atoms with Crippen molar-refractivity contribution in [1.29, 1.82) is 0 Å². The van der Waals surface area contributed by atoms with Crippen LogP contribution in [0.2, 0.25) is 0 Å². The minimum atomic E-state index is -0.158. The minimum absolute atomic E-state index is 0.158. The van der Waals surface area contributed by atoms with Crippen LogP contribution in [0.1, 0.15) is 24.2 Å². The molecule has 2 unspecified atom stereocenters. The van der Waals surface area contributed by atoms with Crippen LogP contribution in [0.25, 0.3) is 11.1 Å². The van der Waals surface area contributed by atoms with Gasteiger partial charge in [-0.25, -0.2) is 4.98 Å². The molecule has 1 fully saturated rings. The first kappa shape index (κ1) is 19.1. The number of morpholine rings is 1. The maximum absolute atomic E-state index is 12.6. The van der Waals surface area contributed by atoms with E-state index in [0.29, 0.717) is 11.3 Å². The van der Waals surface area contributed by atoms with Crippen molar-refractivity contribution in [3.05, 3.63) is 72.7 Å². The molecule has 2 aromatic heterocycles. The smallest absolute Gasteiger partial charge is 0.255 e. The number of rotatable bonds is 4. The first-order valence-electron chi connectivity index (χ1n) is 9.77. The molecule has 2 atom stereocenters. The second-order valence-electron chi connectivity index (χ2n) is 7.33. The summed E-state index contributed by atoms with van der Waals surface area (Å²) in [5, 5.41) is 2.91. The number of hydrogen-bond acceptors (Lipinski definition) is 5. The average Bonchev–Trinajstić information content (AvgIpc) is 2.74. The van der Waals surface area contributed by atoms with E-state index in [1.165, 1.54) is 0 Å². The van der Waals surface area contributed by atoms with Gasteiger partial charge in [-0.05, 0) is 61.4 Å². The van der Waals surface area contributed by atoms with E-state index in [-0.39, 0.29) is 18.1 Å². The van der Waals surface area contributed by atoms with E-state index in [1.54, 1.807) is 18.6 Å². The molecule has 3 heterocycles. The first-order valence-corrected chi connectivity index (χ1v) is 9.77. The zero-order valence-corrected chi connectivity index (χ0v) is 16.6. The summed E-state index contributed by atoms with van der Waals surface area (Å²) in [4.78, 5) is 23.3. The van der Waals surface area contributed by atoms with Crippen molar-refractivity contribution < 1.29 is 9.53 Å². The number of ether oxygens (including phenoxy) is 1. The summed E-state index contributed by atoms with van der Waals surface area (Å²) in [5.74, 6) is 0.737. The Labute approximate surface area is 170 Å². The second-order valence-corrected chi connectivity index (χ2v) is 7.33. The number of aromatic nitrogens is 2. The Hall–Kier alpha value is -3.25. The maximum Gasteiger partial charge on any atom is 0.255 e. The van der Waals surface area contributed by atoms with Gasteiger partial charge in [0.05, 0.1) is 24.1 Å². The lowest BCUT2D eigenvalue weighted by molar-refractivity contribution is -0.00545. The Morgan fingerprint density at radius 1 is 0.966 bits per heavy atom. The normalized spacial score (nSPS) is 19.0. The molecule has 4 rings (SSSR count). The van der Waals surface area contributed by atoms with Gasteiger partial charge < -0.3 is 15.0 Å². The molecule has 0 spiro atoms. The van der Waals surface area contributed by atoms with Crippen molar-refractivity contribution in [3.63, 3.8) is 0 Å². The predicted molar refractivity (Wildman–Crippen MR) is 114 cm³/mol. The molecule has 148 valence electrons. The van der Waals surface area contributed by atoms with Gasteiger partial charge in [0.15, 0.2) is 0 Å². The zero-order valence-electron chi connectivity index (χ0n) is 16.6. The molecule has 3 aromatic rings. The highest BCUT2D eigenvalue weighted by Crippen LogP contribution is 2.21. The van der Waals surface area contributed by atoms with Gasteiger partial charge in [0, 0.05) is 31.0 Å². The number of carbonyl (C=O) groups excluding carboxylic acids is 1. The molecule has 1 N–H and O–H groups in total. The highest BCUT2D eigenvalue weighted by atomic mass is 16.5. The summed E-state index contributed by atoms with van der Waals surface area (Å²) in [6.45, 7) is 5.76. The van der Waals surface area contributed by atoms with Gasteiger partial charge >= 0.3 is 0 Å². The van der Waals surface area contributed by atoms with E-state index in [2.05, 4.69) is 34.0 Å². The zero-order chi connectivity index (χ0) is 20.2. The van der Waals surface area contributed by atoms with Crippen LogP contribution in [0.15, 0.2) is 67.1 Å². The van der Waals surface area contributed by atoms with Crippen molar-refractivity contribution >= 4 is 17.4 Å². The lowest BCUT2D eigenvalue weighted by Crippen LogP contribution is -2.45. The fourth-order valence-corrected chi connectivity index (χ4v) is 3.57. The van der Waals surface area contributed by atoms with Crippen LogP contribution >= 0.6 is 0 Å². The fraction of sp³-hybridized carbons (Fsp3) is 0.261. The summed E-state index contributed by atoms with van der Waals surface area (Å²) < 4.78 is 5.77. The molecular formula is C23H24N4O2. The van der Waals surface area contributed by atoms with Gasteiger partial charge in [-0.2, -0.15) is 0 Å². The maximum atomic E-state index is 12.6. The molecule has 29 heavy (non-hydrogen) atoms. The van der Waals surface area contributed by atoms with Gasteiger partial charge in [-0.3, -0.25) is 9.78 Å². The second kappa shape index (κ2) is 8.41. The third kappa shape index (κ3) is 4.60. The van der Waals surface area contributed by atoms with Crippen molar-refractivity contribution in [1.82, 2.24) is 9.97 Å². The summed E-state index contributed by atoms with van der Waals surface area (Å²) in [7, 11) is 0. The van der Waals surface area contributed by atoms with Crippen LogP contribution in [0.5, 0.6) is 0 Å². The monoisotopic (exact) mass is 388 g/mol. The largest absolute Gasteiger partial charge is 0.372 e. The molecule has 0 saturated carbocycles. The lowest BCUT2D eigenvalue weighted by atomic mass is 10.0. The molecule has 6 nitrogen and oxygen atoms in total. The van der Waals surface area contributed by atoms with Crippen molar-refractivity contribution in [2.45, 2.75) is 26.1 Å². The summed E-state index contributed by atoms with van der Waals surface area (Å²) in [6, 6.07) is 15.2. The van der Waals surface area contributed by atoms with E-state index in [1.807, 2.05) is 48.5 Å². The molecule has 1 aliphatic rings. The van der Waals surface area contributed by atoms with E-state index < -0.39 is 0 Å². The summed E-state index contributed by atoms with van der Waals surface area (Å²) in [5.41, 5.74) is 3.39. The Kier molecular flexibility index (Phi) is 5.53. The van der Waals surface area contributed by atoms with E-state index in [4.69, 9.17) is 4.74 Å². The molecule has 0 aliphatic carbocycles. The predicted octanol–water partition coefficient (Wildman–Crippen LogP) is 4.01. The van der Waals surface area contributed by atoms with Gasteiger partial charge in [0.1, 0.15) is 5.82 Å². The quantitative estimate of drug-likeness (QED) is 0.731. The van der Waals surface area contributed by atoms with Gasteiger partial charge in [-0.15, -0.1) is 0 Å². The van der Waals surface area contributed by atoms with Gasteiger partial charge in [0.2, 0.25) is 0 Å². The van der Waals surface area contributed by atoms with Crippen LogP contribution in [-0.4, -0.2) is 41.2 Å². The number of hydrogen-bond donors (Lipinski definition) is 1. The summed E-state index contributed by atoms with van der Waals surface area (Å²) >= 11 is 0. The molecule has 1 aliphatic heterocycles. The average molecular weight is 388 g/mol. The first-order chi connectivity index (χ1) is 14.1. The molecule has 1 aromatic carbocycles. The van der Waals surface area contributed by atoms with E-state index in [9.17, 15) is 4.79 Å². The Bertz CT molecular complexity index is 948. The molecular weight excluding hydrogens is 364 g/mol. The van der Waals surface area contributed by atoms with Crippen LogP contribution in [0, 0.1) is 0 Å². The number of carbonyl (C=O) groups is 1. The van der Waals surface area contributed by atoms with Crippen LogP contribution in [0.3, 0.4) is 0 Å². The molecule has 1 amide bonds. The van der Waals surface area contributed by atoms with Crippen molar-refractivity contribution in [2.75, 3.05) is 23.3 Å². The Morgan fingerprint density at radius 3 is 2.24 bits per heavy atom. The third-order valence-corrected chi connectivity index (χ3v) is 4.91. The highest BCUT2D eigenvalue weighted by Gasteiger charge is 2.23. The number of benzene rings is 1. The summed E-state index contributed by atoms with van der Waals surface area (Å²) in [6.07, 6.45) is 5.56. The van der Waals surface area contributed by atoms with Crippen LogP contribution in [0.4, 0.5) is 11.5 Å². The Morgan fingerprint density at radius 2 is 1.62 bits per heavy atom. The SMILES string of the molecule is CC1CN(c2ccc(NC(=O)c3ccc(-c4ccncc4)cc3)cn2)CC(C)O1. The lowest BCUT2D eigenvalue weighted by Gasteiger charge is -2.36. The third-order valence-electron chi connectivity index (χ3n) is 4.91. The highest BCUT2D eigenvalue weighted by molar-refractivity contribution is 6.04. The minimum Gasteiger partial charge on any atom is -0.372 e. The number of nitrogens with one attached hydrogen (secondary N) is 1. The molecule has 0 bridgehead atoms. The molecule has 6 heteroatoms. The van der Waals surface area contributed by atoms with Crippen LogP contribution in [-0.2, 0) is 4.74 Å². The number of amides is 1. The van der Waals surface area contributed by atoms with Gasteiger partial charge in [-0.1, -0.05) is 12.1 Å². The van der Waals surface area contributed by atoms with E-state index >= 15 is 0 Å². The van der Waals surface area contributed by atoms with Gasteiger partial charge in [0.25, 0.3) is 5.91 Å². The number of anilines is 2. The standard InChI is InChI=1S/C23H24N4O2/c1-16-14-27(15-17(2)29-16)22-8-7-21(13-25-22)26-23(28)20-5-3-18(4-6-20)19-9-11-24-12-10-19/h3-13,16-17H,14-15H2,1-2H3,(H,26,28). The molecule has 0 radical (unpaired) electrons. The molecule has 1 saturated heterocycles. The number of nitrogens with zero attached hydrogens (tertiary/aromatic N) is 3. The number of pyridine rings is 2. The van der Waals surface area contributed by atoms with E-state index in [0.717, 1.165) is 30.0 Å². The van der Waals surface area contributed by atoms with Crippen molar-refractivity contribution in [2.24, 2.45) is 0 Å². The fourth-order valence-electron chi connectivity index (χ4n) is 3.57. The Balaban J connectivity index is 1.41.